The van der Waals surface area contributed by atoms with E-state index in [0.29, 0.717) is 12.0 Å². The molecule has 0 aliphatic carbocycles. The van der Waals surface area contributed by atoms with Gasteiger partial charge in [-0.25, -0.2) is 5.48 Å². The minimum Gasteiger partial charge on any atom is -0.402 e. The molecule has 1 heterocycles. The van der Waals surface area contributed by atoms with Crippen LogP contribution in [-0.2, 0) is 13.7 Å². The lowest BCUT2D eigenvalue weighted by molar-refractivity contribution is -0.0137. The molecule has 0 aromatic rings. The van der Waals surface area contributed by atoms with Gasteiger partial charge >= 0.3 is 10.0 Å². The lowest BCUT2D eigenvalue weighted by Crippen LogP contribution is -2.40. The molecule has 2 atom stereocenters. The highest BCUT2D eigenvalue weighted by Gasteiger charge is 2.16. The van der Waals surface area contributed by atoms with E-state index in [4.69, 9.17) is 10.6 Å². The molecule has 1 rings (SSSR count). The van der Waals surface area contributed by atoms with Crippen molar-refractivity contribution < 1.29 is 13.7 Å². The molecule has 0 radical (unpaired) electrons. The highest BCUT2D eigenvalue weighted by Crippen LogP contribution is 2.08. The first-order valence-corrected chi connectivity index (χ1v) is 5.96. The minimum atomic E-state index is -0.568. The Morgan fingerprint density at radius 3 is 2.36 bits per heavy atom. The number of hydroxylamine groups is 1. The fourth-order valence-corrected chi connectivity index (χ4v) is 1.35. The zero-order chi connectivity index (χ0) is 10.8. The number of rotatable bonds is 3. The third-order valence-electron chi connectivity index (χ3n) is 2.02. The topological polar surface area (TPSA) is 65.7 Å². The summed E-state index contributed by atoms with van der Waals surface area (Å²) in [6.45, 7) is 3.74. The first-order valence-electron chi connectivity index (χ1n) is 4.80. The fourth-order valence-electron chi connectivity index (χ4n) is 1.12. The van der Waals surface area contributed by atoms with E-state index >= 15 is 0 Å². The van der Waals surface area contributed by atoms with Gasteiger partial charge < -0.3 is 19.4 Å². The van der Waals surface area contributed by atoms with Crippen molar-refractivity contribution >= 4 is 10.0 Å². The Morgan fingerprint density at radius 1 is 1.50 bits per heavy atom. The van der Waals surface area contributed by atoms with E-state index in [2.05, 4.69) is 14.3 Å². The summed E-state index contributed by atoms with van der Waals surface area (Å²) in [4.78, 5) is 4.94. The summed E-state index contributed by atoms with van der Waals surface area (Å²) in [5, 5.41) is 0. The van der Waals surface area contributed by atoms with E-state index in [0.717, 1.165) is 19.6 Å². The van der Waals surface area contributed by atoms with Crippen LogP contribution in [0, 0.1) is 5.92 Å². The van der Waals surface area contributed by atoms with Gasteiger partial charge in [0.2, 0.25) is 0 Å². The van der Waals surface area contributed by atoms with E-state index < -0.39 is 10.0 Å². The van der Waals surface area contributed by atoms with Gasteiger partial charge in [0, 0.05) is 26.8 Å². The largest absolute Gasteiger partial charge is 0.402 e. The van der Waals surface area contributed by atoms with Crippen LogP contribution in [0.1, 0.15) is 13.3 Å². The van der Waals surface area contributed by atoms with Gasteiger partial charge in [0.1, 0.15) is 0 Å². The molecule has 2 unspecified atom stereocenters. The average Bonchev–Trinajstić information content (AvgIpc) is 2.21. The van der Waals surface area contributed by atoms with Crippen molar-refractivity contribution in [2.75, 3.05) is 27.4 Å². The summed E-state index contributed by atoms with van der Waals surface area (Å²) < 4.78 is 9.22. The molecule has 0 saturated carbocycles. The molecule has 1 saturated heterocycles. The van der Waals surface area contributed by atoms with Crippen LogP contribution >= 0.6 is 0 Å². The maximum absolute atomic E-state index is 5.67. The van der Waals surface area contributed by atoms with Gasteiger partial charge in [0.15, 0.2) is 0 Å². The first-order chi connectivity index (χ1) is 6.72. The van der Waals surface area contributed by atoms with Crippen LogP contribution in [0.15, 0.2) is 0 Å². The van der Waals surface area contributed by atoms with Gasteiger partial charge in [-0.2, -0.15) is 0 Å². The van der Waals surface area contributed by atoms with Gasteiger partial charge in [-0.3, -0.25) is 0 Å². The predicted molar refractivity (Wildman–Crippen MR) is 58.3 cm³/mol. The molecule has 0 aromatic heterocycles. The number of nitrogens with one attached hydrogen (secondary N) is 1. The quantitative estimate of drug-likeness (QED) is 0.609. The molecule has 5 nitrogen and oxygen atoms in total. The lowest BCUT2D eigenvalue weighted by atomic mass is 9.98. The zero-order valence-electron chi connectivity index (χ0n) is 9.29. The summed E-state index contributed by atoms with van der Waals surface area (Å²) >= 11 is 0. The number of hydrogen-bond acceptors (Lipinski definition) is 5. The molecule has 1 aliphatic heterocycles. The zero-order valence-corrected chi connectivity index (χ0v) is 10.7. The Balaban J connectivity index is 0.000000292. The van der Waals surface area contributed by atoms with E-state index in [1.165, 1.54) is 0 Å². The van der Waals surface area contributed by atoms with Crippen molar-refractivity contribution in [1.82, 2.24) is 5.48 Å². The van der Waals surface area contributed by atoms with Crippen LogP contribution in [0.4, 0.5) is 0 Å². The van der Waals surface area contributed by atoms with Crippen molar-refractivity contribution in [1.29, 1.82) is 0 Å². The minimum absolute atomic E-state index is 0.293. The van der Waals surface area contributed by atoms with Gasteiger partial charge in [-0.05, 0) is 19.3 Å². The van der Waals surface area contributed by atoms with Crippen LogP contribution < -0.4 is 11.2 Å². The maximum atomic E-state index is 5.67. The van der Waals surface area contributed by atoms with Crippen molar-refractivity contribution in [3.8, 4) is 0 Å². The molecule has 0 bridgehead atoms. The van der Waals surface area contributed by atoms with E-state index in [1.807, 2.05) is 6.92 Å². The Bertz CT molecular complexity index is 119. The Morgan fingerprint density at radius 2 is 2.14 bits per heavy atom. The van der Waals surface area contributed by atoms with E-state index in [9.17, 15) is 0 Å². The van der Waals surface area contributed by atoms with Crippen molar-refractivity contribution in [3.63, 3.8) is 0 Å². The maximum Gasteiger partial charge on any atom is 0.303 e. The van der Waals surface area contributed by atoms with Gasteiger partial charge in [-0.1, -0.05) is 0 Å². The second-order valence-corrected chi connectivity index (χ2v) is 4.69. The third-order valence-corrected chi connectivity index (χ3v) is 2.49. The van der Waals surface area contributed by atoms with Crippen molar-refractivity contribution in [2.24, 2.45) is 11.7 Å². The Kier molecular flexibility index (Phi) is 9.58. The van der Waals surface area contributed by atoms with E-state index in [-0.39, 0.29) is 0 Å². The third kappa shape index (κ3) is 7.42. The molecule has 14 heavy (non-hydrogen) atoms. The van der Waals surface area contributed by atoms with Crippen LogP contribution in [-0.4, -0.2) is 43.4 Å². The van der Waals surface area contributed by atoms with Crippen molar-refractivity contribution in [2.45, 2.75) is 19.4 Å². The molecule has 0 amide bonds. The second-order valence-electron chi connectivity index (χ2n) is 3.30. The summed E-state index contributed by atoms with van der Waals surface area (Å²) in [6.07, 6.45) is 1.09. The monoisotopic (exact) mass is 222 g/mol. The number of nitrogens with two attached hydrogens (primary N) is 1. The molecular formula is C8H22N2O3Si. The summed E-state index contributed by atoms with van der Waals surface area (Å²) in [6, 6.07) is 0.293. The average molecular weight is 222 g/mol. The smallest absolute Gasteiger partial charge is 0.303 e. The molecule has 1 fully saturated rings. The van der Waals surface area contributed by atoms with Crippen molar-refractivity contribution in [3.05, 3.63) is 0 Å². The van der Waals surface area contributed by atoms with Crippen LogP contribution in [0.3, 0.4) is 0 Å². The van der Waals surface area contributed by atoms with Gasteiger partial charge in [0.25, 0.3) is 0 Å². The molecular weight excluding hydrogens is 200 g/mol. The molecule has 0 aromatic carbocycles. The van der Waals surface area contributed by atoms with Crippen LogP contribution in [0.2, 0.25) is 0 Å². The molecule has 86 valence electrons. The summed E-state index contributed by atoms with van der Waals surface area (Å²) in [5.41, 5.74) is 8.51. The van der Waals surface area contributed by atoms with Crippen LogP contribution in [0.25, 0.3) is 0 Å². The second kappa shape index (κ2) is 9.57. The molecule has 0 spiro atoms. The normalized spacial score (nSPS) is 23.6. The van der Waals surface area contributed by atoms with E-state index in [1.54, 1.807) is 14.2 Å². The predicted octanol–water partition coefficient (Wildman–Crippen LogP) is -0.847. The first kappa shape index (κ1) is 14.0. The SMILES string of the molecule is CC(N)C1CCONC1.CO[SiH2]OC. The van der Waals surface area contributed by atoms with Gasteiger partial charge in [-0.15, -0.1) is 0 Å². The highest BCUT2D eigenvalue weighted by molar-refractivity contribution is 6.17. The molecule has 1 aliphatic rings. The summed E-state index contributed by atoms with van der Waals surface area (Å²) in [5.74, 6) is 0.596. The Hall–Kier alpha value is 0.0169. The van der Waals surface area contributed by atoms with Gasteiger partial charge in [0.05, 0.1) is 6.61 Å². The fraction of sp³-hybridized carbons (Fsp3) is 1.00. The molecule has 3 N–H and O–H groups in total. The highest BCUT2D eigenvalue weighted by atomic mass is 28.3. The van der Waals surface area contributed by atoms with Crippen LogP contribution in [0.5, 0.6) is 0 Å². The Labute approximate surface area is 88.3 Å². The number of hydrogen-bond donors (Lipinski definition) is 2. The standard InChI is InChI=1S/C6H14N2O.C2H8O2Si/c1-5(7)6-2-3-9-8-4-6;1-3-5-4-2/h5-6,8H,2-4,7H2,1H3;5H2,1-2H3. The molecule has 6 heteroatoms. The lowest BCUT2D eigenvalue weighted by Gasteiger charge is -2.25. The summed E-state index contributed by atoms with van der Waals surface area (Å²) in [7, 11) is 2.73.